The number of hydrogen-bond acceptors (Lipinski definition) is 2. The maximum atomic E-state index is 11.1. The summed E-state index contributed by atoms with van der Waals surface area (Å²) in [5, 5.41) is 12.5. The van der Waals surface area contributed by atoms with Crippen LogP contribution in [0, 0.1) is 5.41 Å². The van der Waals surface area contributed by atoms with Crippen molar-refractivity contribution in [3.63, 3.8) is 0 Å². The van der Waals surface area contributed by atoms with Gasteiger partial charge in [-0.1, -0.05) is 39.0 Å². The molecule has 1 aromatic carbocycles. The lowest BCUT2D eigenvalue weighted by Crippen LogP contribution is -2.25. The van der Waals surface area contributed by atoms with Gasteiger partial charge in [0.05, 0.1) is 5.41 Å². The van der Waals surface area contributed by atoms with Gasteiger partial charge < -0.3 is 10.4 Å². The topological polar surface area (TPSA) is 49.3 Å². The number of rotatable bonds is 4. The van der Waals surface area contributed by atoms with Crippen LogP contribution in [0.1, 0.15) is 39.2 Å². The maximum Gasteiger partial charge on any atom is 0.311 e. The molecule has 0 spiro atoms. The van der Waals surface area contributed by atoms with E-state index in [-0.39, 0.29) is 5.41 Å². The fourth-order valence-electron chi connectivity index (χ4n) is 2.17. The normalized spacial score (nSPS) is 17.3. The summed E-state index contributed by atoms with van der Waals surface area (Å²) in [6, 6.07) is 8.13. The lowest BCUT2D eigenvalue weighted by atomic mass is 9.85. The predicted octanol–water partition coefficient (Wildman–Crippen LogP) is 3.26. The summed E-state index contributed by atoms with van der Waals surface area (Å²) in [6.07, 6.45) is 1.57. The second-order valence-electron chi connectivity index (χ2n) is 6.23. The van der Waals surface area contributed by atoms with Crippen molar-refractivity contribution in [2.75, 3.05) is 11.9 Å². The molecule has 1 saturated carbocycles. The van der Waals surface area contributed by atoms with Crippen molar-refractivity contribution in [1.29, 1.82) is 0 Å². The van der Waals surface area contributed by atoms with E-state index in [2.05, 4.69) is 32.2 Å². The quantitative estimate of drug-likeness (QED) is 0.858. The molecule has 0 atom stereocenters. The molecule has 2 N–H and O–H groups in total. The maximum absolute atomic E-state index is 11.1. The third kappa shape index (κ3) is 2.50. The van der Waals surface area contributed by atoms with Gasteiger partial charge in [-0.05, 0) is 29.9 Å². The van der Waals surface area contributed by atoms with Gasteiger partial charge in [0, 0.05) is 12.2 Å². The second-order valence-corrected chi connectivity index (χ2v) is 6.23. The minimum atomic E-state index is -0.678. The highest BCUT2D eigenvalue weighted by Crippen LogP contribution is 2.46. The molecule has 1 fully saturated rings. The van der Waals surface area contributed by atoms with Crippen LogP contribution in [0.25, 0.3) is 0 Å². The number of carboxylic acid groups (broad SMARTS) is 1. The Kier molecular flexibility index (Phi) is 3.09. The highest BCUT2D eigenvalue weighted by molar-refractivity contribution is 5.78. The minimum Gasteiger partial charge on any atom is -0.481 e. The van der Waals surface area contributed by atoms with Crippen molar-refractivity contribution in [2.24, 2.45) is 5.41 Å². The third-order valence-corrected chi connectivity index (χ3v) is 3.66. The molecule has 3 nitrogen and oxygen atoms in total. The lowest BCUT2D eigenvalue weighted by Gasteiger charge is -2.24. The standard InChI is InChI=1S/C15H21NO2/c1-14(2,3)11-6-4-5-7-12(11)16-10-15(8-9-15)13(17)18/h4-7,16H,8-10H2,1-3H3,(H,17,18). The number of anilines is 1. The molecule has 1 aliphatic rings. The molecule has 3 heteroatoms. The zero-order chi connectivity index (χ0) is 13.4. The average molecular weight is 247 g/mol. The fourth-order valence-corrected chi connectivity index (χ4v) is 2.17. The van der Waals surface area contributed by atoms with E-state index in [1.165, 1.54) is 5.56 Å². The first-order chi connectivity index (χ1) is 8.35. The molecule has 0 aliphatic heterocycles. The number of carbonyl (C=O) groups is 1. The van der Waals surface area contributed by atoms with E-state index in [0.29, 0.717) is 6.54 Å². The minimum absolute atomic E-state index is 0.0591. The summed E-state index contributed by atoms with van der Waals surface area (Å²) < 4.78 is 0. The first-order valence-electron chi connectivity index (χ1n) is 6.42. The van der Waals surface area contributed by atoms with Crippen molar-refractivity contribution in [2.45, 2.75) is 39.0 Å². The number of para-hydroxylation sites is 1. The molecule has 0 saturated heterocycles. The smallest absolute Gasteiger partial charge is 0.311 e. The van der Waals surface area contributed by atoms with Gasteiger partial charge in [0.15, 0.2) is 0 Å². The Balaban J connectivity index is 2.13. The Labute approximate surface area is 108 Å². The van der Waals surface area contributed by atoms with Crippen molar-refractivity contribution in [3.05, 3.63) is 29.8 Å². The summed E-state index contributed by atoms with van der Waals surface area (Å²) in [5.74, 6) is -0.678. The molecule has 1 aromatic rings. The zero-order valence-corrected chi connectivity index (χ0v) is 11.3. The molecule has 0 unspecified atom stereocenters. The van der Waals surface area contributed by atoms with Gasteiger partial charge in [-0.25, -0.2) is 0 Å². The summed E-state index contributed by atoms with van der Waals surface area (Å²) in [5.41, 5.74) is 1.82. The highest BCUT2D eigenvalue weighted by Gasteiger charge is 2.50. The lowest BCUT2D eigenvalue weighted by molar-refractivity contribution is -0.142. The van der Waals surface area contributed by atoms with Crippen molar-refractivity contribution >= 4 is 11.7 Å². The number of aliphatic carboxylic acids is 1. The molecule has 98 valence electrons. The highest BCUT2D eigenvalue weighted by atomic mass is 16.4. The van der Waals surface area contributed by atoms with E-state index in [0.717, 1.165) is 18.5 Å². The average Bonchev–Trinajstić information content (AvgIpc) is 3.06. The van der Waals surface area contributed by atoms with Crippen molar-refractivity contribution in [1.82, 2.24) is 0 Å². The number of hydrogen-bond donors (Lipinski definition) is 2. The zero-order valence-electron chi connectivity index (χ0n) is 11.3. The number of nitrogens with one attached hydrogen (secondary N) is 1. The van der Waals surface area contributed by atoms with Crippen molar-refractivity contribution in [3.8, 4) is 0 Å². The van der Waals surface area contributed by atoms with E-state index in [4.69, 9.17) is 0 Å². The van der Waals surface area contributed by atoms with Crippen LogP contribution in [0.15, 0.2) is 24.3 Å². The summed E-state index contributed by atoms with van der Waals surface area (Å²) in [4.78, 5) is 11.1. The van der Waals surface area contributed by atoms with E-state index in [1.807, 2.05) is 18.2 Å². The predicted molar refractivity (Wildman–Crippen MR) is 72.9 cm³/mol. The molecular weight excluding hydrogens is 226 g/mol. The monoisotopic (exact) mass is 247 g/mol. The van der Waals surface area contributed by atoms with Crippen LogP contribution < -0.4 is 5.32 Å². The first-order valence-corrected chi connectivity index (χ1v) is 6.42. The molecule has 0 heterocycles. The van der Waals surface area contributed by atoms with Crippen LogP contribution >= 0.6 is 0 Å². The molecule has 0 amide bonds. The summed E-state index contributed by atoms with van der Waals surface area (Å²) in [7, 11) is 0. The molecule has 0 radical (unpaired) electrons. The van der Waals surface area contributed by atoms with Gasteiger partial charge in [0.2, 0.25) is 0 Å². The summed E-state index contributed by atoms with van der Waals surface area (Å²) in [6.45, 7) is 7.02. The van der Waals surface area contributed by atoms with Crippen molar-refractivity contribution < 1.29 is 9.90 Å². The van der Waals surface area contributed by atoms with Crippen LogP contribution in [0.2, 0.25) is 0 Å². The van der Waals surface area contributed by atoms with Gasteiger partial charge in [-0.2, -0.15) is 0 Å². The molecular formula is C15H21NO2. The SMILES string of the molecule is CC(C)(C)c1ccccc1NCC1(C(=O)O)CC1. The number of carboxylic acids is 1. The summed E-state index contributed by atoms with van der Waals surface area (Å²) >= 11 is 0. The van der Waals surface area contributed by atoms with Crippen LogP contribution in [0.5, 0.6) is 0 Å². The van der Waals surface area contributed by atoms with Crippen LogP contribution in [0.3, 0.4) is 0 Å². The van der Waals surface area contributed by atoms with Crippen LogP contribution in [-0.4, -0.2) is 17.6 Å². The van der Waals surface area contributed by atoms with Gasteiger partial charge >= 0.3 is 5.97 Å². The van der Waals surface area contributed by atoms with Gasteiger partial charge in [0.25, 0.3) is 0 Å². The second kappa shape index (κ2) is 4.30. The third-order valence-electron chi connectivity index (χ3n) is 3.66. The van der Waals surface area contributed by atoms with Crippen LogP contribution in [-0.2, 0) is 10.2 Å². The Morgan fingerprint density at radius 3 is 2.44 bits per heavy atom. The fraction of sp³-hybridized carbons (Fsp3) is 0.533. The molecule has 1 aliphatic carbocycles. The van der Waals surface area contributed by atoms with Gasteiger partial charge in [-0.15, -0.1) is 0 Å². The Hall–Kier alpha value is -1.51. The molecule has 18 heavy (non-hydrogen) atoms. The van der Waals surface area contributed by atoms with Gasteiger partial charge in [0.1, 0.15) is 0 Å². The molecule has 2 rings (SSSR count). The Bertz CT molecular complexity index is 456. The van der Waals surface area contributed by atoms with Crippen LogP contribution in [0.4, 0.5) is 5.69 Å². The van der Waals surface area contributed by atoms with E-state index in [1.54, 1.807) is 0 Å². The van der Waals surface area contributed by atoms with E-state index in [9.17, 15) is 9.90 Å². The van der Waals surface area contributed by atoms with E-state index >= 15 is 0 Å². The Morgan fingerprint density at radius 2 is 1.94 bits per heavy atom. The number of benzene rings is 1. The Morgan fingerprint density at radius 1 is 1.33 bits per heavy atom. The first kappa shape index (κ1) is 12.9. The largest absolute Gasteiger partial charge is 0.481 e. The van der Waals surface area contributed by atoms with E-state index < -0.39 is 11.4 Å². The molecule has 0 aromatic heterocycles. The van der Waals surface area contributed by atoms with Gasteiger partial charge in [-0.3, -0.25) is 4.79 Å². The molecule has 0 bridgehead atoms.